The molecule has 3 aromatic carbocycles. The summed E-state index contributed by atoms with van der Waals surface area (Å²) in [5.41, 5.74) is 1.44. The molecule has 8 nitrogen and oxygen atoms in total. The molecule has 2 aliphatic rings. The first-order chi connectivity index (χ1) is 16.4. The Hall–Kier alpha value is -4.17. The van der Waals surface area contributed by atoms with Gasteiger partial charge in [0.15, 0.2) is 11.5 Å². The summed E-state index contributed by atoms with van der Waals surface area (Å²) in [6.07, 6.45) is 1.25. The van der Waals surface area contributed by atoms with Gasteiger partial charge in [0.25, 0.3) is 0 Å². The van der Waals surface area contributed by atoms with Crippen LogP contribution in [0.1, 0.15) is 23.5 Å². The Balaban J connectivity index is 1.59. The van der Waals surface area contributed by atoms with Gasteiger partial charge in [-0.3, -0.25) is 9.59 Å². The fourth-order valence-corrected chi connectivity index (χ4v) is 4.72. The number of esters is 1. The summed E-state index contributed by atoms with van der Waals surface area (Å²) in [7, 11) is 0. The van der Waals surface area contributed by atoms with E-state index in [-0.39, 0.29) is 47.0 Å². The number of carbonyl (C=O) groups is 1. The average molecular weight is 479 g/mol. The summed E-state index contributed by atoms with van der Waals surface area (Å²) in [4.78, 5) is 25.8. The smallest absolute Gasteiger partial charge is 0.312 e. The summed E-state index contributed by atoms with van der Waals surface area (Å²) in [6, 6.07) is 10.7. The van der Waals surface area contributed by atoms with Crippen molar-refractivity contribution >= 4 is 28.5 Å². The fraction of sp³-hybridized carbons (Fsp3) is 0.120. The van der Waals surface area contributed by atoms with Crippen molar-refractivity contribution in [3.63, 3.8) is 0 Å². The van der Waals surface area contributed by atoms with E-state index in [1.807, 2.05) is 0 Å². The van der Waals surface area contributed by atoms with E-state index >= 15 is 0 Å². The number of benzene rings is 3. The van der Waals surface area contributed by atoms with Crippen LogP contribution in [0.25, 0.3) is 22.1 Å². The van der Waals surface area contributed by atoms with Crippen LogP contribution in [0.5, 0.6) is 28.7 Å². The normalized spacial score (nSPS) is 16.4. The molecule has 0 spiro atoms. The minimum atomic E-state index is -0.575. The van der Waals surface area contributed by atoms with Crippen LogP contribution in [0.4, 0.5) is 0 Å². The highest BCUT2D eigenvalue weighted by atomic mass is 35.5. The van der Waals surface area contributed by atoms with Gasteiger partial charge in [-0.2, -0.15) is 0 Å². The predicted octanol–water partition coefficient (Wildman–Crippen LogP) is 4.69. The molecule has 4 aromatic rings. The highest BCUT2D eigenvalue weighted by Crippen LogP contribution is 2.49. The van der Waals surface area contributed by atoms with Gasteiger partial charge in [-0.1, -0.05) is 23.7 Å². The van der Waals surface area contributed by atoms with E-state index in [4.69, 9.17) is 30.2 Å². The molecule has 0 radical (unpaired) electrons. The van der Waals surface area contributed by atoms with Crippen molar-refractivity contribution in [2.24, 2.45) is 0 Å². The van der Waals surface area contributed by atoms with Gasteiger partial charge in [0, 0.05) is 17.5 Å². The lowest BCUT2D eigenvalue weighted by atomic mass is 9.84. The third-order valence-corrected chi connectivity index (χ3v) is 6.28. The van der Waals surface area contributed by atoms with Crippen LogP contribution in [0.2, 0.25) is 5.02 Å². The Labute approximate surface area is 196 Å². The van der Waals surface area contributed by atoms with Gasteiger partial charge in [0.05, 0.1) is 17.0 Å². The molecule has 0 fully saturated rings. The molecule has 3 heterocycles. The van der Waals surface area contributed by atoms with Gasteiger partial charge in [-0.15, -0.1) is 0 Å². The van der Waals surface area contributed by atoms with Crippen LogP contribution < -0.4 is 19.6 Å². The van der Waals surface area contributed by atoms with Crippen LogP contribution in [0.15, 0.2) is 57.9 Å². The van der Waals surface area contributed by atoms with Crippen LogP contribution >= 0.6 is 11.6 Å². The van der Waals surface area contributed by atoms with E-state index in [1.165, 1.54) is 24.5 Å². The Morgan fingerprint density at radius 3 is 2.56 bits per heavy atom. The molecule has 0 saturated heterocycles. The van der Waals surface area contributed by atoms with Crippen molar-refractivity contribution in [1.29, 1.82) is 0 Å². The molecule has 0 unspecified atom stereocenters. The summed E-state index contributed by atoms with van der Waals surface area (Å²) >= 11 is 6.37. The Kier molecular flexibility index (Phi) is 4.46. The molecular formula is C25H15ClO8. The number of carbonyl (C=O) groups excluding carboxylic acids is 1. The SMILES string of the molecule is O=C1C[C@@H](c2cc(Cl)c3c(c2)OCO3)c2c(cc(O)c3c(=O)c(-c4ccc(O)cc4)coc23)O1. The van der Waals surface area contributed by atoms with Gasteiger partial charge < -0.3 is 28.8 Å². The fourth-order valence-electron chi connectivity index (χ4n) is 4.45. The highest BCUT2D eigenvalue weighted by Gasteiger charge is 2.35. The Morgan fingerprint density at radius 1 is 0.971 bits per heavy atom. The molecule has 2 N–H and O–H groups in total. The van der Waals surface area contributed by atoms with Gasteiger partial charge in [0.1, 0.15) is 34.5 Å². The summed E-state index contributed by atoms with van der Waals surface area (Å²) in [6.45, 7) is 0.0352. The average Bonchev–Trinajstić information content (AvgIpc) is 3.28. The number of fused-ring (bicyclic) bond motifs is 4. The number of phenols is 2. The van der Waals surface area contributed by atoms with Crippen molar-refractivity contribution in [2.45, 2.75) is 12.3 Å². The molecule has 0 saturated carbocycles. The zero-order valence-electron chi connectivity index (χ0n) is 17.3. The minimum Gasteiger partial charge on any atom is -0.508 e. The zero-order valence-corrected chi connectivity index (χ0v) is 18.1. The molecule has 1 atom stereocenters. The highest BCUT2D eigenvalue weighted by molar-refractivity contribution is 6.32. The summed E-state index contributed by atoms with van der Waals surface area (Å²) < 4.78 is 22.1. The topological polar surface area (TPSA) is 115 Å². The maximum atomic E-state index is 13.4. The van der Waals surface area contributed by atoms with Crippen molar-refractivity contribution in [2.75, 3.05) is 6.79 Å². The summed E-state index contributed by atoms with van der Waals surface area (Å²) in [5.74, 6) is -0.437. The molecule has 0 amide bonds. The molecule has 170 valence electrons. The lowest BCUT2D eigenvalue weighted by molar-refractivity contribution is -0.135. The van der Waals surface area contributed by atoms with Crippen LogP contribution in [-0.2, 0) is 4.79 Å². The molecule has 2 aliphatic heterocycles. The number of halogens is 1. The molecule has 9 heteroatoms. The monoisotopic (exact) mass is 478 g/mol. The van der Waals surface area contributed by atoms with Crippen LogP contribution in [0.3, 0.4) is 0 Å². The predicted molar refractivity (Wildman–Crippen MR) is 121 cm³/mol. The van der Waals surface area contributed by atoms with Crippen molar-refractivity contribution in [3.8, 4) is 39.9 Å². The van der Waals surface area contributed by atoms with Gasteiger partial charge >= 0.3 is 5.97 Å². The lowest BCUT2D eigenvalue weighted by Crippen LogP contribution is -2.22. The van der Waals surface area contributed by atoms with E-state index in [9.17, 15) is 19.8 Å². The first-order valence-electron chi connectivity index (χ1n) is 10.3. The first-order valence-corrected chi connectivity index (χ1v) is 10.7. The first kappa shape index (κ1) is 20.4. The number of hydrogen-bond acceptors (Lipinski definition) is 8. The molecule has 6 rings (SSSR count). The number of rotatable bonds is 2. The molecule has 34 heavy (non-hydrogen) atoms. The molecule has 0 aliphatic carbocycles. The van der Waals surface area contributed by atoms with Gasteiger partial charge in [-0.25, -0.2) is 0 Å². The maximum absolute atomic E-state index is 13.4. The van der Waals surface area contributed by atoms with Crippen molar-refractivity contribution in [1.82, 2.24) is 0 Å². The van der Waals surface area contributed by atoms with E-state index in [1.54, 1.807) is 24.3 Å². The lowest BCUT2D eigenvalue weighted by Gasteiger charge is -2.26. The second-order valence-electron chi connectivity index (χ2n) is 8.00. The number of ether oxygens (including phenoxy) is 3. The van der Waals surface area contributed by atoms with Gasteiger partial charge in [-0.05, 0) is 35.4 Å². The third kappa shape index (κ3) is 3.07. The minimum absolute atomic E-state index is 0.0352. The molecule has 1 aromatic heterocycles. The van der Waals surface area contributed by atoms with Crippen LogP contribution in [0, 0.1) is 0 Å². The van der Waals surface area contributed by atoms with Crippen molar-refractivity contribution < 1.29 is 33.6 Å². The third-order valence-electron chi connectivity index (χ3n) is 6.00. The number of phenolic OH excluding ortho intramolecular Hbond substituents is 2. The van der Waals surface area contributed by atoms with Gasteiger partial charge in [0.2, 0.25) is 12.2 Å². The molecule has 0 bridgehead atoms. The quantitative estimate of drug-likeness (QED) is 0.315. The van der Waals surface area contributed by atoms with E-state index in [0.717, 1.165) is 0 Å². The Morgan fingerprint density at radius 2 is 1.76 bits per heavy atom. The Bertz CT molecular complexity index is 1550. The second-order valence-corrected chi connectivity index (χ2v) is 8.41. The molecular weight excluding hydrogens is 464 g/mol. The number of aromatic hydroxyl groups is 2. The van der Waals surface area contributed by atoms with E-state index < -0.39 is 17.3 Å². The van der Waals surface area contributed by atoms with Crippen molar-refractivity contribution in [3.05, 3.63) is 75.1 Å². The van der Waals surface area contributed by atoms with E-state index in [2.05, 4.69) is 0 Å². The summed E-state index contributed by atoms with van der Waals surface area (Å²) in [5, 5.41) is 20.5. The zero-order chi connectivity index (χ0) is 23.6. The largest absolute Gasteiger partial charge is 0.508 e. The van der Waals surface area contributed by atoms with E-state index in [0.29, 0.717) is 33.2 Å². The standard InChI is InChI=1S/C25H15ClO8/c26-16-5-12(6-19-24(16)33-10-32-19)14-7-20(29)34-18-8-17(28)22-23(30)15(9-31-25(22)21(14)18)11-1-3-13(27)4-2-11/h1-6,8-9,14,27-28H,7,10H2/t14-/m0/s1. The number of hydrogen-bond donors (Lipinski definition) is 2. The maximum Gasteiger partial charge on any atom is 0.312 e. The second kappa shape index (κ2) is 7.43. The van der Waals surface area contributed by atoms with Crippen LogP contribution in [-0.4, -0.2) is 23.0 Å².